The van der Waals surface area contributed by atoms with E-state index in [1.807, 2.05) is 13.8 Å². The number of hydrogen-bond acceptors (Lipinski definition) is 4. The first-order valence-electron chi connectivity index (χ1n) is 6.34. The average Bonchev–Trinajstić information content (AvgIpc) is 2.26. The summed E-state index contributed by atoms with van der Waals surface area (Å²) >= 11 is 0. The zero-order valence-electron chi connectivity index (χ0n) is 11.1. The third-order valence-corrected chi connectivity index (χ3v) is 4.73. The minimum atomic E-state index is -2.99. The van der Waals surface area contributed by atoms with Crippen LogP contribution in [0.25, 0.3) is 0 Å². The molecule has 102 valence electrons. The topological polar surface area (TPSA) is 57.6 Å². The van der Waals surface area contributed by atoms with Crippen LogP contribution in [-0.4, -0.2) is 55.2 Å². The highest BCUT2D eigenvalue weighted by Crippen LogP contribution is 2.25. The van der Waals surface area contributed by atoms with Crippen molar-refractivity contribution in [2.45, 2.75) is 51.2 Å². The summed E-state index contributed by atoms with van der Waals surface area (Å²) in [6.45, 7) is 6.02. The third kappa shape index (κ3) is 4.56. The third-order valence-electron chi connectivity index (χ3n) is 3.75. The largest absolute Gasteiger partial charge is 0.391 e. The monoisotopic (exact) mass is 263 g/mol. The van der Waals surface area contributed by atoms with Crippen molar-refractivity contribution in [2.24, 2.45) is 0 Å². The molecule has 1 heterocycles. The standard InChI is InChI=1S/C12H25NO3S/c1-12(2,13-8-5-4-6-9-13)11(14)7-10-17(3,15)16/h11,14H,4-10H2,1-3H3. The van der Waals surface area contributed by atoms with Crippen molar-refractivity contribution < 1.29 is 13.5 Å². The lowest BCUT2D eigenvalue weighted by molar-refractivity contribution is -0.0203. The average molecular weight is 263 g/mol. The molecule has 4 nitrogen and oxygen atoms in total. The second-order valence-electron chi connectivity index (χ2n) is 5.64. The van der Waals surface area contributed by atoms with E-state index in [-0.39, 0.29) is 11.3 Å². The fourth-order valence-electron chi connectivity index (χ4n) is 2.36. The minimum absolute atomic E-state index is 0.0609. The van der Waals surface area contributed by atoms with E-state index in [1.54, 1.807) is 0 Å². The number of nitrogens with zero attached hydrogens (tertiary/aromatic N) is 1. The maximum Gasteiger partial charge on any atom is 0.147 e. The van der Waals surface area contributed by atoms with Gasteiger partial charge in [-0.25, -0.2) is 8.42 Å². The van der Waals surface area contributed by atoms with E-state index in [2.05, 4.69) is 4.90 Å². The van der Waals surface area contributed by atoms with Crippen LogP contribution < -0.4 is 0 Å². The Kier molecular flexibility index (Phi) is 4.98. The predicted octanol–water partition coefficient (Wildman–Crippen LogP) is 1.05. The van der Waals surface area contributed by atoms with Crippen molar-refractivity contribution in [2.75, 3.05) is 25.1 Å². The van der Waals surface area contributed by atoms with Gasteiger partial charge in [0.1, 0.15) is 9.84 Å². The molecule has 17 heavy (non-hydrogen) atoms. The van der Waals surface area contributed by atoms with E-state index in [9.17, 15) is 13.5 Å². The van der Waals surface area contributed by atoms with Gasteiger partial charge in [-0.3, -0.25) is 4.90 Å². The SMILES string of the molecule is CC(C)(C(O)CCS(C)(=O)=O)N1CCCCC1. The van der Waals surface area contributed by atoms with Crippen molar-refractivity contribution in [1.82, 2.24) is 4.90 Å². The zero-order chi connectivity index (χ0) is 13.1. The molecular formula is C12H25NO3S. The molecule has 1 N–H and O–H groups in total. The van der Waals surface area contributed by atoms with E-state index in [4.69, 9.17) is 0 Å². The van der Waals surface area contributed by atoms with Crippen LogP contribution in [0.2, 0.25) is 0 Å². The first kappa shape index (κ1) is 14.9. The van der Waals surface area contributed by atoms with Gasteiger partial charge in [0.2, 0.25) is 0 Å². The van der Waals surface area contributed by atoms with Crippen LogP contribution in [0.15, 0.2) is 0 Å². The second-order valence-corrected chi connectivity index (χ2v) is 7.90. The van der Waals surface area contributed by atoms with Crippen LogP contribution >= 0.6 is 0 Å². The van der Waals surface area contributed by atoms with Gasteiger partial charge < -0.3 is 5.11 Å². The molecule has 0 aromatic carbocycles. The lowest BCUT2D eigenvalue weighted by atomic mass is 9.91. The molecule has 0 aromatic rings. The van der Waals surface area contributed by atoms with Crippen LogP contribution in [0.4, 0.5) is 0 Å². The Morgan fingerprint density at radius 1 is 1.24 bits per heavy atom. The molecule has 1 unspecified atom stereocenters. The fourth-order valence-corrected chi connectivity index (χ4v) is 3.01. The summed E-state index contributed by atoms with van der Waals surface area (Å²) in [5.74, 6) is 0.0609. The molecule has 1 aliphatic rings. The minimum Gasteiger partial charge on any atom is -0.391 e. The molecule has 0 aliphatic carbocycles. The van der Waals surface area contributed by atoms with Gasteiger partial charge in [-0.1, -0.05) is 6.42 Å². The quantitative estimate of drug-likeness (QED) is 0.805. The number of piperidine rings is 1. The molecule has 1 saturated heterocycles. The van der Waals surface area contributed by atoms with Gasteiger partial charge in [-0.15, -0.1) is 0 Å². The zero-order valence-corrected chi connectivity index (χ0v) is 12.0. The molecule has 0 saturated carbocycles. The van der Waals surface area contributed by atoms with Crippen LogP contribution in [0.5, 0.6) is 0 Å². The summed E-state index contributed by atoms with van der Waals surface area (Å²) in [7, 11) is -2.99. The Labute approximate surface area is 105 Å². The van der Waals surface area contributed by atoms with Gasteiger partial charge in [0, 0.05) is 11.8 Å². The Morgan fingerprint density at radius 3 is 2.24 bits per heavy atom. The summed E-state index contributed by atoms with van der Waals surface area (Å²) in [5.41, 5.74) is -0.328. The Balaban J connectivity index is 2.55. The molecule has 0 bridgehead atoms. The van der Waals surface area contributed by atoms with Crippen molar-refractivity contribution >= 4 is 9.84 Å². The summed E-state index contributed by atoms with van der Waals surface area (Å²) in [6, 6.07) is 0. The summed E-state index contributed by atoms with van der Waals surface area (Å²) in [5, 5.41) is 10.2. The smallest absolute Gasteiger partial charge is 0.147 e. The van der Waals surface area contributed by atoms with Gasteiger partial charge >= 0.3 is 0 Å². The predicted molar refractivity (Wildman–Crippen MR) is 69.8 cm³/mol. The number of likely N-dealkylation sites (tertiary alicyclic amines) is 1. The van der Waals surface area contributed by atoms with E-state index in [1.165, 1.54) is 25.5 Å². The van der Waals surface area contributed by atoms with Crippen molar-refractivity contribution in [3.63, 3.8) is 0 Å². The number of sulfone groups is 1. The van der Waals surface area contributed by atoms with Crippen molar-refractivity contribution in [3.05, 3.63) is 0 Å². The van der Waals surface area contributed by atoms with Crippen LogP contribution in [-0.2, 0) is 9.84 Å². The van der Waals surface area contributed by atoms with Gasteiger partial charge in [0.15, 0.2) is 0 Å². The number of rotatable bonds is 5. The van der Waals surface area contributed by atoms with E-state index in [0.717, 1.165) is 13.1 Å². The van der Waals surface area contributed by atoms with E-state index in [0.29, 0.717) is 6.42 Å². The first-order valence-corrected chi connectivity index (χ1v) is 8.40. The molecule has 1 atom stereocenters. The summed E-state index contributed by atoms with van der Waals surface area (Å²) < 4.78 is 22.2. The van der Waals surface area contributed by atoms with Gasteiger partial charge in [-0.2, -0.15) is 0 Å². The molecule has 0 aromatic heterocycles. The Hall–Kier alpha value is -0.130. The maximum absolute atomic E-state index is 11.1. The molecule has 1 aliphatic heterocycles. The Bertz CT molecular complexity index is 332. The second kappa shape index (κ2) is 5.67. The number of hydrogen-bond donors (Lipinski definition) is 1. The molecular weight excluding hydrogens is 238 g/mol. The molecule has 0 amide bonds. The van der Waals surface area contributed by atoms with E-state index >= 15 is 0 Å². The normalized spacial score (nSPS) is 21.4. The molecule has 5 heteroatoms. The number of aliphatic hydroxyl groups is 1. The van der Waals surface area contributed by atoms with Crippen LogP contribution in [0, 0.1) is 0 Å². The lowest BCUT2D eigenvalue weighted by Crippen LogP contribution is -2.54. The van der Waals surface area contributed by atoms with Gasteiger partial charge in [0.25, 0.3) is 0 Å². The van der Waals surface area contributed by atoms with Gasteiger partial charge in [0.05, 0.1) is 11.9 Å². The molecule has 1 fully saturated rings. The Morgan fingerprint density at radius 2 is 1.76 bits per heavy atom. The highest BCUT2D eigenvalue weighted by Gasteiger charge is 2.34. The van der Waals surface area contributed by atoms with Gasteiger partial charge in [-0.05, 0) is 46.2 Å². The summed E-state index contributed by atoms with van der Waals surface area (Å²) in [6.07, 6.45) is 4.54. The van der Waals surface area contributed by atoms with Crippen molar-refractivity contribution in [1.29, 1.82) is 0 Å². The molecule has 1 rings (SSSR count). The fraction of sp³-hybridized carbons (Fsp3) is 1.00. The maximum atomic E-state index is 11.1. The number of aliphatic hydroxyl groups excluding tert-OH is 1. The molecule has 0 spiro atoms. The summed E-state index contributed by atoms with van der Waals surface area (Å²) in [4.78, 5) is 2.28. The van der Waals surface area contributed by atoms with Crippen LogP contribution in [0.3, 0.4) is 0 Å². The van der Waals surface area contributed by atoms with Crippen molar-refractivity contribution in [3.8, 4) is 0 Å². The van der Waals surface area contributed by atoms with Crippen LogP contribution in [0.1, 0.15) is 39.5 Å². The first-order chi connectivity index (χ1) is 7.73. The highest BCUT2D eigenvalue weighted by molar-refractivity contribution is 7.90. The van der Waals surface area contributed by atoms with E-state index < -0.39 is 15.9 Å². The lowest BCUT2D eigenvalue weighted by Gasteiger charge is -2.44. The molecule has 0 radical (unpaired) electrons. The highest BCUT2D eigenvalue weighted by atomic mass is 32.2.